The van der Waals surface area contributed by atoms with Crippen molar-refractivity contribution in [2.24, 2.45) is 4.99 Å². The number of halogens is 1. The third-order valence-corrected chi connectivity index (χ3v) is 5.84. The number of carbonyl (C=O) groups excluding carboxylic acids is 1. The summed E-state index contributed by atoms with van der Waals surface area (Å²) in [6, 6.07) is 10.5. The van der Waals surface area contributed by atoms with Gasteiger partial charge in [0.2, 0.25) is 5.91 Å². The molecule has 0 saturated heterocycles. The van der Waals surface area contributed by atoms with E-state index in [1.807, 2.05) is 17.9 Å². The zero-order valence-electron chi connectivity index (χ0n) is 16.5. The summed E-state index contributed by atoms with van der Waals surface area (Å²) in [6.45, 7) is 7.33. The molecule has 3 rings (SSSR count). The minimum absolute atomic E-state index is 0. The summed E-state index contributed by atoms with van der Waals surface area (Å²) in [6.07, 6.45) is 1.95. The summed E-state index contributed by atoms with van der Waals surface area (Å²) in [5.41, 5.74) is 3.83. The maximum Gasteiger partial charge on any atom is 0.242 e. The lowest BCUT2D eigenvalue weighted by atomic mass is 10.1. The summed E-state index contributed by atoms with van der Waals surface area (Å²) in [7, 11) is 0. The number of hydrogen-bond donors (Lipinski definition) is 2. The molecule has 152 valence electrons. The SMILES string of the molecule is CCNC(=NCc1ccccc1CC)NCC(=O)N1CCc2sccc2C1.I. The summed E-state index contributed by atoms with van der Waals surface area (Å²) in [5.74, 6) is 0.802. The molecule has 0 spiro atoms. The Morgan fingerprint density at radius 2 is 1.96 bits per heavy atom. The average Bonchev–Trinajstić information content (AvgIpc) is 3.17. The zero-order chi connectivity index (χ0) is 19.1. The van der Waals surface area contributed by atoms with Gasteiger partial charge in [-0.3, -0.25) is 4.79 Å². The number of benzene rings is 1. The van der Waals surface area contributed by atoms with E-state index in [-0.39, 0.29) is 36.4 Å². The average molecular weight is 512 g/mol. The molecule has 7 heteroatoms. The molecule has 2 N–H and O–H groups in total. The van der Waals surface area contributed by atoms with Gasteiger partial charge in [0.05, 0.1) is 13.1 Å². The van der Waals surface area contributed by atoms with E-state index in [1.165, 1.54) is 21.6 Å². The molecular weight excluding hydrogens is 483 g/mol. The van der Waals surface area contributed by atoms with Crippen molar-refractivity contribution < 1.29 is 4.79 Å². The number of carbonyl (C=O) groups is 1. The normalized spacial score (nSPS) is 13.5. The first-order valence-electron chi connectivity index (χ1n) is 9.63. The van der Waals surface area contributed by atoms with Gasteiger partial charge in [0, 0.05) is 24.5 Å². The van der Waals surface area contributed by atoms with Gasteiger partial charge in [-0.2, -0.15) is 0 Å². The second-order valence-electron chi connectivity index (χ2n) is 6.61. The molecule has 0 saturated carbocycles. The quantitative estimate of drug-likeness (QED) is 0.354. The fraction of sp³-hybridized carbons (Fsp3) is 0.429. The molecule has 5 nitrogen and oxygen atoms in total. The standard InChI is InChI=1S/C21H28N4OS.HI/c1-3-16-7-5-6-8-17(16)13-23-21(22-4-2)24-14-20(26)25-11-9-19-18(15-25)10-12-27-19;/h5-8,10,12H,3-4,9,11,13-15H2,1-2H3,(H2,22,23,24);1H. The van der Waals surface area contributed by atoms with Gasteiger partial charge in [0.15, 0.2) is 5.96 Å². The van der Waals surface area contributed by atoms with Crippen LogP contribution in [0.5, 0.6) is 0 Å². The van der Waals surface area contributed by atoms with E-state index in [4.69, 9.17) is 0 Å². The molecule has 28 heavy (non-hydrogen) atoms. The van der Waals surface area contributed by atoms with Crippen molar-refractivity contribution in [3.8, 4) is 0 Å². The van der Waals surface area contributed by atoms with Crippen LogP contribution in [-0.2, 0) is 30.7 Å². The molecule has 2 heterocycles. The number of rotatable bonds is 6. The van der Waals surface area contributed by atoms with Crippen LogP contribution < -0.4 is 10.6 Å². The highest BCUT2D eigenvalue weighted by molar-refractivity contribution is 14.0. The lowest BCUT2D eigenvalue weighted by molar-refractivity contribution is -0.130. The number of hydrogen-bond acceptors (Lipinski definition) is 3. The highest BCUT2D eigenvalue weighted by Crippen LogP contribution is 2.23. The van der Waals surface area contributed by atoms with Gasteiger partial charge in [0.1, 0.15) is 0 Å². The lowest BCUT2D eigenvalue weighted by Crippen LogP contribution is -2.45. The van der Waals surface area contributed by atoms with Crippen molar-refractivity contribution in [2.45, 2.75) is 39.8 Å². The minimum atomic E-state index is 0. The Bertz CT molecular complexity index is 805. The topological polar surface area (TPSA) is 56.7 Å². The number of nitrogens with zero attached hydrogens (tertiary/aromatic N) is 2. The largest absolute Gasteiger partial charge is 0.357 e. The van der Waals surface area contributed by atoms with Gasteiger partial charge in [0.25, 0.3) is 0 Å². The molecule has 0 bridgehead atoms. The first-order chi connectivity index (χ1) is 13.2. The Hall–Kier alpha value is -1.61. The van der Waals surface area contributed by atoms with Crippen LogP contribution in [0, 0.1) is 0 Å². The smallest absolute Gasteiger partial charge is 0.242 e. The molecule has 2 aromatic rings. The Labute approximate surface area is 188 Å². The number of amides is 1. The highest BCUT2D eigenvalue weighted by Gasteiger charge is 2.21. The second kappa shape index (κ2) is 11.4. The molecule has 1 aromatic heterocycles. The van der Waals surface area contributed by atoms with E-state index in [1.54, 1.807) is 11.3 Å². The molecule has 1 aliphatic rings. The highest BCUT2D eigenvalue weighted by atomic mass is 127. The van der Waals surface area contributed by atoms with Gasteiger partial charge in [-0.25, -0.2) is 4.99 Å². The molecule has 0 atom stereocenters. The third-order valence-electron chi connectivity index (χ3n) is 4.82. The van der Waals surface area contributed by atoms with Gasteiger partial charge < -0.3 is 15.5 Å². The van der Waals surface area contributed by atoms with Crippen LogP contribution in [0.1, 0.15) is 35.4 Å². The van der Waals surface area contributed by atoms with Crippen molar-refractivity contribution in [3.63, 3.8) is 0 Å². The Balaban J connectivity index is 0.00000280. The lowest BCUT2D eigenvalue weighted by Gasteiger charge is -2.27. The van der Waals surface area contributed by atoms with Crippen LogP contribution >= 0.6 is 35.3 Å². The van der Waals surface area contributed by atoms with Crippen molar-refractivity contribution in [1.29, 1.82) is 0 Å². The molecule has 1 aromatic carbocycles. The zero-order valence-corrected chi connectivity index (χ0v) is 19.7. The van der Waals surface area contributed by atoms with E-state index < -0.39 is 0 Å². The van der Waals surface area contributed by atoms with Crippen molar-refractivity contribution in [2.75, 3.05) is 19.6 Å². The molecule has 0 unspecified atom stereocenters. The van der Waals surface area contributed by atoms with Crippen molar-refractivity contribution in [1.82, 2.24) is 15.5 Å². The minimum Gasteiger partial charge on any atom is -0.357 e. The second-order valence-corrected chi connectivity index (χ2v) is 7.61. The Morgan fingerprint density at radius 3 is 2.71 bits per heavy atom. The van der Waals surface area contributed by atoms with Crippen LogP contribution in [0.25, 0.3) is 0 Å². The monoisotopic (exact) mass is 512 g/mol. The van der Waals surface area contributed by atoms with Gasteiger partial charge in [-0.05, 0) is 47.9 Å². The van der Waals surface area contributed by atoms with Crippen molar-refractivity contribution >= 4 is 47.2 Å². The fourth-order valence-electron chi connectivity index (χ4n) is 3.30. The molecule has 1 amide bonds. The van der Waals surface area contributed by atoms with E-state index in [9.17, 15) is 4.79 Å². The fourth-order valence-corrected chi connectivity index (χ4v) is 4.18. The van der Waals surface area contributed by atoms with Crippen LogP contribution in [-0.4, -0.2) is 36.4 Å². The number of aryl methyl sites for hydroxylation is 1. The van der Waals surface area contributed by atoms with Gasteiger partial charge in [-0.1, -0.05) is 31.2 Å². The Kier molecular flexibility index (Phi) is 9.24. The maximum absolute atomic E-state index is 12.6. The van der Waals surface area contributed by atoms with Gasteiger partial charge in [-0.15, -0.1) is 35.3 Å². The Morgan fingerprint density at radius 1 is 1.18 bits per heavy atom. The summed E-state index contributed by atoms with van der Waals surface area (Å²) in [5, 5.41) is 8.54. The predicted molar refractivity (Wildman–Crippen MR) is 127 cm³/mol. The summed E-state index contributed by atoms with van der Waals surface area (Å²) in [4.78, 5) is 20.6. The van der Waals surface area contributed by atoms with E-state index in [2.05, 4.69) is 52.2 Å². The number of guanidine groups is 1. The third kappa shape index (κ3) is 5.94. The van der Waals surface area contributed by atoms with Crippen LogP contribution in [0.3, 0.4) is 0 Å². The van der Waals surface area contributed by atoms with E-state index in [0.717, 1.165) is 32.5 Å². The van der Waals surface area contributed by atoms with Gasteiger partial charge >= 0.3 is 0 Å². The van der Waals surface area contributed by atoms with E-state index >= 15 is 0 Å². The maximum atomic E-state index is 12.6. The van der Waals surface area contributed by atoms with E-state index in [0.29, 0.717) is 12.5 Å². The number of aliphatic imine (C=N–C) groups is 1. The number of nitrogens with one attached hydrogen (secondary N) is 2. The van der Waals surface area contributed by atoms with Crippen molar-refractivity contribution in [3.05, 3.63) is 57.3 Å². The summed E-state index contributed by atoms with van der Waals surface area (Å²) < 4.78 is 0. The molecule has 1 aliphatic heterocycles. The summed E-state index contributed by atoms with van der Waals surface area (Å²) >= 11 is 1.79. The van der Waals surface area contributed by atoms with Crippen LogP contribution in [0.15, 0.2) is 40.7 Å². The molecule has 0 fully saturated rings. The van der Waals surface area contributed by atoms with Crippen LogP contribution in [0.2, 0.25) is 0 Å². The number of fused-ring (bicyclic) bond motifs is 1. The predicted octanol–water partition coefficient (Wildman–Crippen LogP) is 3.57. The van der Waals surface area contributed by atoms with Crippen LogP contribution in [0.4, 0.5) is 0 Å². The number of thiophene rings is 1. The first kappa shape index (κ1) is 22.7. The first-order valence-corrected chi connectivity index (χ1v) is 10.5. The molecule has 0 radical (unpaired) electrons. The molecular formula is C21H29IN4OS. The molecule has 0 aliphatic carbocycles.